The molecule has 26 heavy (non-hydrogen) atoms. The Labute approximate surface area is 152 Å². The summed E-state index contributed by atoms with van der Waals surface area (Å²) < 4.78 is 5.25. The van der Waals surface area contributed by atoms with Crippen molar-refractivity contribution < 1.29 is 9.53 Å². The summed E-state index contributed by atoms with van der Waals surface area (Å²) in [6.45, 7) is 6.23. The van der Waals surface area contributed by atoms with Crippen LogP contribution in [0.3, 0.4) is 0 Å². The first kappa shape index (κ1) is 17.7. The number of benzene rings is 1. The molecule has 0 saturated carbocycles. The molecule has 6 nitrogen and oxygen atoms in total. The predicted octanol–water partition coefficient (Wildman–Crippen LogP) is 3.77. The number of aromatic amines is 1. The third-order valence-electron chi connectivity index (χ3n) is 4.18. The van der Waals surface area contributed by atoms with Crippen molar-refractivity contribution in [3.8, 4) is 22.6 Å². The summed E-state index contributed by atoms with van der Waals surface area (Å²) in [5.74, 6) is -0.184. The van der Waals surface area contributed by atoms with Gasteiger partial charge in [0.2, 0.25) is 5.95 Å². The molecule has 0 amide bonds. The van der Waals surface area contributed by atoms with E-state index in [1.54, 1.807) is 25.3 Å². The number of esters is 1. The molecule has 0 saturated heterocycles. The van der Waals surface area contributed by atoms with Crippen LogP contribution >= 0.6 is 0 Å². The molecule has 3 rings (SSSR count). The summed E-state index contributed by atoms with van der Waals surface area (Å²) in [4.78, 5) is 24.0. The summed E-state index contributed by atoms with van der Waals surface area (Å²) in [5.41, 5.74) is 11.5. The first-order valence-corrected chi connectivity index (χ1v) is 8.62. The highest BCUT2D eigenvalue weighted by atomic mass is 16.5. The minimum Gasteiger partial charge on any atom is -0.462 e. The number of aryl methyl sites for hydroxylation is 2. The van der Waals surface area contributed by atoms with Crippen LogP contribution in [-0.2, 0) is 11.2 Å². The first-order chi connectivity index (χ1) is 12.5. The van der Waals surface area contributed by atoms with Crippen LogP contribution in [0.25, 0.3) is 22.6 Å². The zero-order valence-corrected chi connectivity index (χ0v) is 15.2. The van der Waals surface area contributed by atoms with Crippen LogP contribution in [0, 0.1) is 6.92 Å². The van der Waals surface area contributed by atoms with Crippen LogP contribution < -0.4 is 5.73 Å². The van der Waals surface area contributed by atoms with E-state index in [1.807, 2.05) is 6.92 Å². The molecular weight excluding hydrogens is 328 g/mol. The van der Waals surface area contributed by atoms with Gasteiger partial charge in [-0.15, -0.1) is 0 Å². The van der Waals surface area contributed by atoms with Crippen molar-refractivity contribution in [3.05, 3.63) is 53.2 Å². The van der Waals surface area contributed by atoms with Gasteiger partial charge in [-0.1, -0.05) is 24.6 Å². The highest BCUT2D eigenvalue weighted by molar-refractivity contribution is 5.98. The van der Waals surface area contributed by atoms with Gasteiger partial charge in [0.1, 0.15) is 0 Å². The van der Waals surface area contributed by atoms with E-state index in [2.05, 4.69) is 40.1 Å². The number of anilines is 1. The van der Waals surface area contributed by atoms with E-state index in [1.165, 1.54) is 0 Å². The van der Waals surface area contributed by atoms with E-state index in [4.69, 9.17) is 10.5 Å². The van der Waals surface area contributed by atoms with Gasteiger partial charge in [-0.25, -0.2) is 14.8 Å². The Kier molecular flexibility index (Phi) is 5.02. The SMILES string of the molecule is CCOC(=O)c1cc(-c2ccnc(N)n2)[nH]c1-c1cc(C)ccc1CC. The molecule has 6 heteroatoms. The van der Waals surface area contributed by atoms with Crippen LogP contribution in [-0.4, -0.2) is 27.5 Å². The number of ether oxygens (including phenoxy) is 1. The van der Waals surface area contributed by atoms with E-state index in [0.29, 0.717) is 23.6 Å². The van der Waals surface area contributed by atoms with Gasteiger partial charge in [0, 0.05) is 11.8 Å². The molecule has 0 atom stereocenters. The third-order valence-corrected chi connectivity index (χ3v) is 4.18. The van der Waals surface area contributed by atoms with Gasteiger partial charge >= 0.3 is 5.97 Å². The highest BCUT2D eigenvalue weighted by Crippen LogP contribution is 2.32. The second-order valence-electron chi connectivity index (χ2n) is 6.01. The molecule has 3 aromatic rings. The predicted molar refractivity (Wildman–Crippen MR) is 102 cm³/mol. The number of hydrogen-bond acceptors (Lipinski definition) is 5. The standard InChI is InChI=1S/C20H22N4O2/c1-4-13-7-6-12(3)10-14(13)18-15(19(25)26-5-2)11-17(23-18)16-8-9-22-20(21)24-16/h6-11,23H,4-5H2,1-3H3,(H2,21,22,24). The van der Waals surface area contributed by atoms with Crippen LogP contribution in [0.2, 0.25) is 0 Å². The average Bonchev–Trinajstić information content (AvgIpc) is 3.07. The molecule has 0 radical (unpaired) electrons. The molecule has 0 aliphatic rings. The molecule has 2 heterocycles. The summed E-state index contributed by atoms with van der Waals surface area (Å²) in [7, 11) is 0. The normalized spacial score (nSPS) is 10.7. The number of nitrogens with zero attached hydrogens (tertiary/aromatic N) is 2. The van der Waals surface area contributed by atoms with Gasteiger partial charge in [0.25, 0.3) is 0 Å². The minimum atomic E-state index is -0.365. The van der Waals surface area contributed by atoms with E-state index in [-0.39, 0.29) is 11.9 Å². The number of aromatic nitrogens is 3. The molecule has 0 aliphatic carbocycles. The van der Waals surface area contributed by atoms with Gasteiger partial charge in [-0.05, 0) is 44.0 Å². The Morgan fingerprint density at radius 2 is 2.04 bits per heavy atom. The molecule has 0 spiro atoms. The zero-order chi connectivity index (χ0) is 18.7. The van der Waals surface area contributed by atoms with Gasteiger partial charge < -0.3 is 15.5 Å². The summed E-state index contributed by atoms with van der Waals surface area (Å²) in [6, 6.07) is 9.74. The number of rotatable bonds is 5. The number of H-pyrrole nitrogens is 1. The molecule has 2 aromatic heterocycles. The lowest BCUT2D eigenvalue weighted by Crippen LogP contribution is -2.05. The number of nitrogens with two attached hydrogens (primary N) is 1. The number of nitrogen functional groups attached to an aromatic ring is 1. The van der Waals surface area contributed by atoms with E-state index in [9.17, 15) is 4.79 Å². The maximum absolute atomic E-state index is 12.5. The number of carbonyl (C=O) groups is 1. The molecule has 0 unspecified atom stereocenters. The van der Waals surface area contributed by atoms with Crippen molar-refractivity contribution in [1.29, 1.82) is 0 Å². The van der Waals surface area contributed by atoms with Gasteiger partial charge in [-0.2, -0.15) is 0 Å². The Morgan fingerprint density at radius 1 is 1.23 bits per heavy atom. The fourth-order valence-electron chi connectivity index (χ4n) is 2.93. The highest BCUT2D eigenvalue weighted by Gasteiger charge is 2.21. The van der Waals surface area contributed by atoms with Crippen molar-refractivity contribution in [3.63, 3.8) is 0 Å². The lowest BCUT2D eigenvalue weighted by atomic mass is 9.98. The number of carbonyl (C=O) groups excluding carboxylic acids is 1. The Hall–Kier alpha value is -3.15. The largest absolute Gasteiger partial charge is 0.462 e. The lowest BCUT2D eigenvalue weighted by molar-refractivity contribution is 0.0527. The maximum atomic E-state index is 12.5. The molecule has 0 bridgehead atoms. The van der Waals surface area contributed by atoms with Crippen molar-refractivity contribution in [2.45, 2.75) is 27.2 Å². The Morgan fingerprint density at radius 3 is 2.73 bits per heavy atom. The van der Waals surface area contributed by atoms with Gasteiger partial charge in [0.05, 0.1) is 29.3 Å². The van der Waals surface area contributed by atoms with E-state index in [0.717, 1.165) is 28.8 Å². The monoisotopic (exact) mass is 350 g/mol. The smallest absolute Gasteiger partial charge is 0.340 e. The molecule has 1 aromatic carbocycles. The van der Waals surface area contributed by atoms with Gasteiger partial charge in [-0.3, -0.25) is 0 Å². The van der Waals surface area contributed by atoms with Crippen LogP contribution in [0.5, 0.6) is 0 Å². The van der Waals surface area contributed by atoms with Crippen molar-refractivity contribution in [2.24, 2.45) is 0 Å². The van der Waals surface area contributed by atoms with Crippen molar-refractivity contribution in [2.75, 3.05) is 12.3 Å². The Balaban J connectivity index is 2.20. The maximum Gasteiger partial charge on any atom is 0.340 e. The molecular formula is C20H22N4O2. The molecule has 134 valence electrons. The fourth-order valence-corrected chi connectivity index (χ4v) is 2.93. The summed E-state index contributed by atoms with van der Waals surface area (Å²) in [5, 5.41) is 0. The first-order valence-electron chi connectivity index (χ1n) is 8.62. The van der Waals surface area contributed by atoms with E-state index >= 15 is 0 Å². The number of nitrogens with one attached hydrogen (secondary N) is 1. The fraction of sp³-hybridized carbons (Fsp3) is 0.250. The van der Waals surface area contributed by atoms with Crippen LogP contribution in [0.4, 0.5) is 5.95 Å². The summed E-state index contributed by atoms with van der Waals surface area (Å²) in [6.07, 6.45) is 2.44. The molecule has 3 N–H and O–H groups in total. The van der Waals surface area contributed by atoms with Crippen molar-refractivity contribution in [1.82, 2.24) is 15.0 Å². The molecule has 0 fully saturated rings. The topological polar surface area (TPSA) is 93.9 Å². The lowest BCUT2D eigenvalue weighted by Gasteiger charge is -2.10. The number of hydrogen-bond donors (Lipinski definition) is 2. The van der Waals surface area contributed by atoms with Crippen LogP contribution in [0.1, 0.15) is 35.3 Å². The Bertz CT molecular complexity index is 947. The van der Waals surface area contributed by atoms with E-state index < -0.39 is 0 Å². The third kappa shape index (κ3) is 3.44. The second-order valence-corrected chi connectivity index (χ2v) is 6.01. The second kappa shape index (κ2) is 7.39. The molecule has 0 aliphatic heterocycles. The quantitative estimate of drug-likeness (QED) is 0.683. The average molecular weight is 350 g/mol. The summed E-state index contributed by atoms with van der Waals surface area (Å²) >= 11 is 0. The van der Waals surface area contributed by atoms with Crippen LogP contribution in [0.15, 0.2) is 36.5 Å². The zero-order valence-electron chi connectivity index (χ0n) is 15.2. The van der Waals surface area contributed by atoms with Gasteiger partial charge in [0.15, 0.2) is 0 Å². The van der Waals surface area contributed by atoms with Crippen molar-refractivity contribution >= 4 is 11.9 Å². The minimum absolute atomic E-state index is 0.182.